The molecule has 0 fully saturated rings. The van der Waals surface area contributed by atoms with E-state index in [2.05, 4.69) is 5.32 Å². The van der Waals surface area contributed by atoms with Crippen LogP contribution < -0.4 is 20.3 Å². The summed E-state index contributed by atoms with van der Waals surface area (Å²) in [4.78, 5) is 25.7. The summed E-state index contributed by atoms with van der Waals surface area (Å²) in [5, 5.41) is 22.5. The van der Waals surface area contributed by atoms with E-state index in [0.29, 0.717) is 22.4 Å². The van der Waals surface area contributed by atoms with Gasteiger partial charge in [-0.1, -0.05) is 18.2 Å². The largest absolute Gasteiger partial charge is 0.506 e. The fourth-order valence-electron chi connectivity index (χ4n) is 3.30. The van der Waals surface area contributed by atoms with Gasteiger partial charge in [0.2, 0.25) is 6.79 Å². The maximum atomic E-state index is 12.9. The molecule has 8 heteroatoms. The highest BCUT2D eigenvalue weighted by molar-refractivity contribution is 6.02. The molecule has 29 heavy (non-hydrogen) atoms. The SMILES string of the molecule is N#CCCn1c(=O)c(C(=O)NCc2ccc3c(c2)OCO3)c(O)c2ccccc21. The van der Waals surface area contributed by atoms with Gasteiger partial charge in [-0.25, -0.2) is 0 Å². The summed E-state index contributed by atoms with van der Waals surface area (Å²) >= 11 is 0. The van der Waals surface area contributed by atoms with Crippen molar-refractivity contribution in [3.05, 3.63) is 63.9 Å². The van der Waals surface area contributed by atoms with Crippen LogP contribution >= 0.6 is 0 Å². The van der Waals surface area contributed by atoms with E-state index in [1.54, 1.807) is 42.5 Å². The van der Waals surface area contributed by atoms with E-state index in [-0.39, 0.29) is 37.6 Å². The lowest BCUT2D eigenvalue weighted by atomic mass is 10.1. The zero-order valence-electron chi connectivity index (χ0n) is 15.3. The molecule has 8 nitrogen and oxygen atoms in total. The zero-order valence-corrected chi connectivity index (χ0v) is 15.3. The predicted octanol–water partition coefficient (Wildman–Crippen LogP) is 2.28. The quantitative estimate of drug-likeness (QED) is 0.690. The molecular formula is C21H17N3O5. The third kappa shape index (κ3) is 3.34. The topological polar surface area (TPSA) is 114 Å². The molecule has 0 saturated carbocycles. The Hall–Kier alpha value is -3.99. The van der Waals surface area contributed by atoms with E-state index in [4.69, 9.17) is 14.7 Å². The van der Waals surface area contributed by atoms with Crippen LogP contribution in [0.3, 0.4) is 0 Å². The number of benzene rings is 2. The number of aryl methyl sites for hydroxylation is 1. The maximum Gasteiger partial charge on any atom is 0.267 e. The summed E-state index contributed by atoms with van der Waals surface area (Å²) in [6.07, 6.45) is 0.104. The monoisotopic (exact) mass is 391 g/mol. The lowest BCUT2D eigenvalue weighted by Gasteiger charge is -2.14. The van der Waals surface area contributed by atoms with Crippen molar-refractivity contribution in [2.24, 2.45) is 0 Å². The molecule has 3 aromatic rings. The second-order valence-corrected chi connectivity index (χ2v) is 6.48. The first-order valence-corrected chi connectivity index (χ1v) is 8.98. The van der Waals surface area contributed by atoms with Crippen molar-refractivity contribution in [2.45, 2.75) is 19.5 Å². The van der Waals surface area contributed by atoms with Gasteiger partial charge in [-0.05, 0) is 29.8 Å². The third-order valence-corrected chi connectivity index (χ3v) is 4.71. The summed E-state index contributed by atoms with van der Waals surface area (Å²) in [6.45, 7) is 0.413. The standard InChI is InChI=1S/C21H17N3O5/c22-8-3-9-24-15-5-2-1-4-14(15)19(25)18(21(24)27)20(26)23-11-13-6-7-16-17(10-13)29-12-28-16/h1-2,4-7,10,25H,3,9,11-12H2,(H,23,26). The normalized spacial score (nSPS) is 12.0. The Morgan fingerprint density at radius 3 is 2.83 bits per heavy atom. The van der Waals surface area contributed by atoms with Crippen molar-refractivity contribution < 1.29 is 19.4 Å². The summed E-state index contributed by atoms with van der Waals surface area (Å²) in [7, 11) is 0. The number of nitrogens with one attached hydrogen (secondary N) is 1. The van der Waals surface area contributed by atoms with Crippen LogP contribution in [0.25, 0.3) is 10.9 Å². The van der Waals surface area contributed by atoms with Crippen molar-refractivity contribution in [3.8, 4) is 23.3 Å². The number of aromatic hydroxyl groups is 1. The van der Waals surface area contributed by atoms with Gasteiger partial charge in [0.1, 0.15) is 11.3 Å². The van der Waals surface area contributed by atoms with Crippen LogP contribution in [0.1, 0.15) is 22.3 Å². The van der Waals surface area contributed by atoms with E-state index in [0.717, 1.165) is 5.56 Å². The maximum absolute atomic E-state index is 12.9. The van der Waals surface area contributed by atoms with Gasteiger partial charge >= 0.3 is 0 Å². The van der Waals surface area contributed by atoms with Crippen molar-refractivity contribution in [3.63, 3.8) is 0 Å². The number of para-hydroxylation sites is 1. The lowest BCUT2D eigenvalue weighted by molar-refractivity contribution is 0.0946. The van der Waals surface area contributed by atoms with Crippen LogP contribution in [0.2, 0.25) is 0 Å². The molecule has 0 aliphatic carbocycles. The molecular weight excluding hydrogens is 374 g/mol. The molecule has 146 valence electrons. The Morgan fingerprint density at radius 2 is 2.00 bits per heavy atom. The molecule has 0 saturated heterocycles. The van der Waals surface area contributed by atoms with Crippen molar-refractivity contribution in [1.29, 1.82) is 5.26 Å². The smallest absolute Gasteiger partial charge is 0.267 e. The van der Waals surface area contributed by atoms with Crippen molar-refractivity contribution in [1.82, 2.24) is 9.88 Å². The second-order valence-electron chi connectivity index (χ2n) is 6.48. The fraction of sp³-hybridized carbons (Fsp3) is 0.190. The number of rotatable bonds is 5. The number of pyridine rings is 1. The van der Waals surface area contributed by atoms with Gasteiger partial charge in [-0.2, -0.15) is 5.26 Å². The van der Waals surface area contributed by atoms with Crippen molar-refractivity contribution >= 4 is 16.8 Å². The van der Waals surface area contributed by atoms with Gasteiger partial charge in [0.15, 0.2) is 11.5 Å². The molecule has 1 aromatic heterocycles. The van der Waals surface area contributed by atoms with Crippen LogP contribution in [0.15, 0.2) is 47.3 Å². The van der Waals surface area contributed by atoms with E-state index in [1.165, 1.54) is 4.57 Å². The number of hydrogen-bond acceptors (Lipinski definition) is 6. The number of nitrogens with zero attached hydrogens (tertiary/aromatic N) is 2. The molecule has 0 radical (unpaired) electrons. The molecule has 4 rings (SSSR count). The lowest BCUT2D eigenvalue weighted by Crippen LogP contribution is -2.33. The number of nitriles is 1. The molecule has 0 bridgehead atoms. The third-order valence-electron chi connectivity index (χ3n) is 4.71. The molecule has 1 aliphatic heterocycles. The molecule has 2 heterocycles. The predicted molar refractivity (Wildman–Crippen MR) is 104 cm³/mol. The van der Waals surface area contributed by atoms with Gasteiger partial charge in [0.25, 0.3) is 11.5 Å². The Bertz CT molecular complexity index is 1210. The Morgan fingerprint density at radius 1 is 1.21 bits per heavy atom. The zero-order chi connectivity index (χ0) is 20.4. The summed E-state index contributed by atoms with van der Waals surface area (Å²) in [5.74, 6) is 0.153. The van der Waals surface area contributed by atoms with Gasteiger partial charge < -0.3 is 24.5 Å². The Labute approximate surface area is 165 Å². The molecule has 2 aromatic carbocycles. The van der Waals surface area contributed by atoms with Gasteiger partial charge in [0.05, 0.1) is 18.0 Å². The second kappa shape index (κ2) is 7.56. The highest BCUT2D eigenvalue weighted by Crippen LogP contribution is 2.32. The summed E-state index contributed by atoms with van der Waals surface area (Å²) < 4.78 is 11.9. The Kier molecular flexibility index (Phi) is 4.79. The number of amides is 1. The van der Waals surface area contributed by atoms with Crippen molar-refractivity contribution in [2.75, 3.05) is 6.79 Å². The summed E-state index contributed by atoms with van der Waals surface area (Å²) in [6, 6.07) is 14.0. The van der Waals surface area contributed by atoms with Crippen LogP contribution in [-0.2, 0) is 13.1 Å². The first kappa shape index (κ1) is 18.4. The highest BCUT2D eigenvalue weighted by atomic mass is 16.7. The number of hydrogen-bond donors (Lipinski definition) is 2. The van der Waals surface area contributed by atoms with E-state index in [1.807, 2.05) is 6.07 Å². The number of aromatic nitrogens is 1. The minimum atomic E-state index is -0.693. The molecule has 0 atom stereocenters. The molecule has 0 spiro atoms. The molecule has 0 unspecified atom stereocenters. The number of carbonyl (C=O) groups excluding carboxylic acids is 1. The van der Waals surface area contributed by atoms with Gasteiger partial charge in [-0.3, -0.25) is 9.59 Å². The van der Waals surface area contributed by atoms with E-state index in [9.17, 15) is 14.7 Å². The minimum Gasteiger partial charge on any atom is -0.506 e. The van der Waals surface area contributed by atoms with Crippen LogP contribution in [0, 0.1) is 11.3 Å². The van der Waals surface area contributed by atoms with Crippen LogP contribution in [0.4, 0.5) is 0 Å². The number of fused-ring (bicyclic) bond motifs is 2. The first-order chi connectivity index (χ1) is 14.1. The van der Waals surface area contributed by atoms with Crippen LogP contribution in [0.5, 0.6) is 17.2 Å². The molecule has 2 N–H and O–H groups in total. The van der Waals surface area contributed by atoms with Gasteiger partial charge in [-0.15, -0.1) is 0 Å². The van der Waals surface area contributed by atoms with E-state index < -0.39 is 11.5 Å². The average molecular weight is 391 g/mol. The van der Waals surface area contributed by atoms with Gasteiger partial charge in [0, 0.05) is 18.5 Å². The highest BCUT2D eigenvalue weighted by Gasteiger charge is 2.22. The first-order valence-electron chi connectivity index (χ1n) is 8.98. The molecule has 1 amide bonds. The number of carbonyl (C=O) groups is 1. The fourth-order valence-corrected chi connectivity index (χ4v) is 3.30. The number of ether oxygens (including phenoxy) is 2. The molecule has 1 aliphatic rings. The average Bonchev–Trinajstić information content (AvgIpc) is 3.20. The summed E-state index contributed by atoms with van der Waals surface area (Å²) in [5.41, 5.74) is 0.243. The van der Waals surface area contributed by atoms with Crippen LogP contribution in [-0.4, -0.2) is 22.4 Å². The Balaban J connectivity index is 1.66. The van der Waals surface area contributed by atoms with E-state index >= 15 is 0 Å². The minimum absolute atomic E-state index is 0.104.